The van der Waals surface area contributed by atoms with E-state index in [0.717, 1.165) is 37.8 Å². The Morgan fingerprint density at radius 3 is 2.23 bits per heavy atom. The maximum Gasteiger partial charge on any atom is 0.323 e. The van der Waals surface area contributed by atoms with Crippen LogP contribution in [0.15, 0.2) is 86.1 Å². The van der Waals surface area contributed by atoms with Gasteiger partial charge in [-0.15, -0.1) is 0 Å². The van der Waals surface area contributed by atoms with Crippen molar-refractivity contribution in [3.05, 3.63) is 97.2 Å². The van der Waals surface area contributed by atoms with Crippen LogP contribution in [0.2, 0.25) is 0 Å². The molecule has 204 valence electrons. The minimum absolute atomic E-state index is 0.0392. The van der Waals surface area contributed by atoms with Gasteiger partial charge >= 0.3 is 5.97 Å². The van der Waals surface area contributed by atoms with Gasteiger partial charge in [-0.05, 0) is 70.1 Å². The summed E-state index contributed by atoms with van der Waals surface area (Å²) in [6, 6.07) is 18.1. The van der Waals surface area contributed by atoms with Crippen LogP contribution in [0.5, 0.6) is 5.75 Å². The third-order valence-electron chi connectivity index (χ3n) is 7.98. The summed E-state index contributed by atoms with van der Waals surface area (Å²) in [5.41, 5.74) is 4.27. The molecule has 1 aliphatic heterocycles. The van der Waals surface area contributed by atoms with Gasteiger partial charge in [0, 0.05) is 51.3 Å². The molecule has 2 aliphatic carbocycles. The van der Waals surface area contributed by atoms with Crippen molar-refractivity contribution in [1.29, 1.82) is 0 Å². The van der Waals surface area contributed by atoms with Crippen LogP contribution in [0.3, 0.4) is 0 Å². The minimum Gasteiger partial charge on any atom is -0.487 e. The van der Waals surface area contributed by atoms with Crippen LogP contribution in [0.4, 0.5) is 0 Å². The van der Waals surface area contributed by atoms with Gasteiger partial charge in [0.25, 0.3) is 0 Å². The zero-order chi connectivity index (χ0) is 28.0. The van der Waals surface area contributed by atoms with E-state index < -0.39 is 11.9 Å². The molecule has 6 nitrogen and oxygen atoms in total. The summed E-state index contributed by atoms with van der Waals surface area (Å²) < 4.78 is 8.05. The van der Waals surface area contributed by atoms with Crippen LogP contribution in [0.25, 0.3) is 10.8 Å². The molecule has 1 heterocycles. The molecule has 0 saturated carbocycles. The fourth-order valence-corrected chi connectivity index (χ4v) is 7.74. The first kappa shape index (κ1) is 27.0. The van der Waals surface area contributed by atoms with E-state index >= 15 is 0 Å². The number of ether oxygens (including phenoxy) is 1. The highest BCUT2D eigenvalue weighted by atomic mass is 79.9. The number of benzene rings is 3. The van der Waals surface area contributed by atoms with Crippen LogP contribution in [-0.4, -0.2) is 34.1 Å². The van der Waals surface area contributed by atoms with Crippen molar-refractivity contribution in [2.24, 2.45) is 0 Å². The van der Waals surface area contributed by atoms with Crippen molar-refractivity contribution >= 4 is 60.2 Å². The summed E-state index contributed by atoms with van der Waals surface area (Å²) in [5, 5.41) is 12.0. The molecular weight excluding hydrogens is 638 g/mol. The molecule has 0 saturated heterocycles. The van der Waals surface area contributed by atoms with Crippen molar-refractivity contribution in [3.8, 4) is 5.75 Å². The lowest BCUT2D eigenvalue weighted by Crippen LogP contribution is -2.41. The first-order valence-corrected chi connectivity index (χ1v) is 15.0. The summed E-state index contributed by atoms with van der Waals surface area (Å²) in [7, 11) is 0. The molecule has 8 heteroatoms. The zero-order valence-corrected chi connectivity index (χ0v) is 24.9. The quantitative estimate of drug-likeness (QED) is 0.295. The number of carbonyl (C=O) groups excluding carboxylic acids is 2. The molecule has 0 fully saturated rings. The van der Waals surface area contributed by atoms with Crippen LogP contribution in [-0.2, 0) is 21.0 Å². The van der Waals surface area contributed by atoms with E-state index in [9.17, 15) is 19.5 Å². The Bertz CT molecular complexity index is 1590. The van der Waals surface area contributed by atoms with Crippen molar-refractivity contribution in [2.45, 2.75) is 51.0 Å². The van der Waals surface area contributed by atoms with Gasteiger partial charge in [-0.2, -0.15) is 0 Å². The largest absolute Gasteiger partial charge is 0.487 e. The fraction of sp³-hybridized carbons (Fsp3) is 0.281. The summed E-state index contributed by atoms with van der Waals surface area (Å²) in [6.45, 7) is 0.0315. The normalized spacial score (nSPS) is 17.8. The molecule has 1 N–H and O–H groups in total. The smallest absolute Gasteiger partial charge is 0.323 e. The minimum atomic E-state index is -0.988. The average Bonchev–Trinajstić information content (AvgIpc) is 2.93. The second-order valence-corrected chi connectivity index (χ2v) is 12.2. The predicted octanol–water partition coefficient (Wildman–Crippen LogP) is 7.44. The van der Waals surface area contributed by atoms with Gasteiger partial charge in [0.1, 0.15) is 18.9 Å². The Labute approximate surface area is 248 Å². The number of allylic oxidation sites excluding steroid dienone is 4. The molecule has 0 unspecified atom stereocenters. The number of fused-ring (bicyclic) bond motifs is 1. The molecule has 3 aromatic carbocycles. The molecule has 0 bridgehead atoms. The van der Waals surface area contributed by atoms with Gasteiger partial charge in [0.15, 0.2) is 11.6 Å². The Kier molecular flexibility index (Phi) is 7.40. The van der Waals surface area contributed by atoms with E-state index in [-0.39, 0.29) is 18.1 Å². The van der Waals surface area contributed by atoms with Gasteiger partial charge in [-0.25, -0.2) is 0 Å². The van der Waals surface area contributed by atoms with E-state index in [4.69, 9.17) is 4.74 Å². The lowest BCUT2D eigenvalue weighted by Gasteiger charge is -2.43. The van der Waals surface area contributed by atoms with E-state index in [0.29, 0.717) is 66.5 Å². The maximum atomic E-state index is 13.6. The van der Waals surface area contributed by atoms with Crippen molar-refractivity contribution in [1.82, 2.24) is 4.90 Å². The maximum absolute atomic E-state index is 13.6. The number of hydrogen-bond acceptors (Lipinski definition) is 5. The van der Waals surface area contributed by atoms with E-state index in [2.05, 4.69) is 50.1 Å². The predicted molar refractivity (Wildman–Crippen MR) is 159 cm³/mol. The number of Topliss-reactive ketones (excluding diaryl/α,β-unsaturated/α-hetero) is 2. The lowest BCUT2D eigenvalue weighted by molar-refractivity contribution is -0.138. The summed E-state index contributed by atoms with van der Waals surface area (Å²) in [6.07, 6.45) is 3.24. The van der Waals surface area contributed by atoms with Gasteiger partial charge in [-0.3, -0.25) is 14.4 Å². The van der Waals surface area contributed by atoms with Crippen molar-refractivity contribution < 1.29 is 24.2 Å². The van der Waals surface area contributed by atoms with Crippen LogP contribution < -0.4 is 4.74 Å². The van der Waals surface area contributed by atoms with Gasteiger partial charge in [0.2, 0.25) is 0 Å². The fourth-order valence-electron chi connectivity index (χ4n) is 6.37. The standard InChI is InChI=1S/C32H27Br2NO5/c33-20-14-22(32(23(34)15-20)40-17-19-8-3-7-18-6-1-2-9-21(18)19)29-30-24(10-4-12-26(30)36)35(16-28(38)39)25-11-5-13-27(37)31(25)29/h1-3,6-9,14-15,29H,4-5,10-13,16-17H2,(H,38,39). The molecule has 3 aliphatic rings. The van der Waals surface area contributed by atoms with Crippen molar-refractivity contribution in [2.75, 3.05) is 6.54 Å². The SMILES string of the molecule is O=C(O)CN1C2=C(C(=O)CCC2)C(c2cc(Br)cc(Br)c2OCc2cccc3ccccc23)C2=C1CCCC2=O. The molecule has 0 aromatic heterocycles. The topological polar surface area (TPSA) is 83.9 Å². The number of carbonyl (C=O) groups is 3. The number of ketones is 2. The molecule has 40 heavy (non-hydrogen) atoms. The molecule has 3 aromatic rings. The Morgan fingerprint density at radius 2 is 1.55 bits per heavy atom. The third-order valence-corrected chi connectivity index (χ3v) is 9.03. The van der Waals surface area contributed by atoms with Gasteiger partial charge in [0.05, 0.1) is 4.47 Å². The Morgan fingerprint density at radius 1 is 0.900 bits per heavy atom. The zero-order valence-electron chi connectivity index (χ0n) is 21.7. The summed E-state index contributed by atoms with van der Waals surface area (Å²) >= 11 is 7.31. The van der Waals surface area contributed by atoms with Crippen LogP contribution >= 0.6 is 31.9 Å². The molecule has 6 rings (SSSR count). The van der Waals surface area contributed by atoms with Gasteiger partial charge in [-0.1, -0.05) is 58.4 Å². The summed E-state index contributed by atoms with van der Waals surface area (Å²) in [4.78, 5) is 40.8. The van der Waals surface area contributed by atoms with E-state index in [1.54, 1.807) is 4.90 Å². The highest BCUT2D eigenvalue weighted by molar-refractivity contribution is 9.11. The van der Waals surface area contributed by atoms with Crippen LogP contribution in [0.1, 0.15) is 55.6 Å². The van der Waals surface area contributed by atoms with E-state index in [1.807, 2.05) is 36.4 Å². The number of nitrogens with zero attached hydrogens (tertiary/aromatic N) is 1. The first-order chi connectivity index (χ1) is 19.3. The molecule has 0 amide bonds. The number of halogens is 2. The summed E-state index contributed by atoms with van der Waals surface area (Å²) in [5.74, 6) is -1.11. The first-order valence-electron chi connectivity index (χ1n) is 13.4. The van der Waals surface area contributed by atoms with E-state index in [1.165, 1.54) is 0 Å². The number of carboxylic acids is 1. The second kappa shape index (κ2) is 11.0. The number of carboxylic acid groups (broad SMARTS) is 1. The monoisotopic (exact) mass is 663 g/mol. The Balaban J connectivity index is 1.51. The molecule has 0 spiro atoms. The highest BCUT2D eigenvalue weighted by Crippen LogP contribution is 2.52. The molecule has 0 atom stereocenters. The Hall–Kier alpha value is -3.23. The number of rotatable bonds is 6. The van der Waals surface area contributed by atoms with Crippen LogP contribution in [0, 0.1) is 0 Å². The highest BCUT2D eigenvalue weighted by Gasteiger charge is 2.45. The van der Waals surface area contributed by atoms with Gasteiger partial charge < -0.3 is 14.7 Å². The third kappa shape index (κ3) is 4.81. The average molecular weight is 665 g/mol. The number of hydrogen-bond donors (Lipinski definition) is 1. The second-order valence-electron chi connectivity index (χ2n) is 10.4. The lowest BCUT2D eigenvalue weighted by atomic mass is 9.70. The molecular formula is C32H27Br2NO5. The van der Waals surface area contributed by atoms with Crippen molar-refractivity contribution in [3.63, 3.8) is 0 Å². The number of aliphatic carboxylic acids is 1. The molecule has 0 radical (unpaired) electrons.